The molecule has 3 rings (SSSR count). The molecule has 8 heteroatoms. The summed E-state index contributed by atoms with van der Waals surface area (Å²) in [6, 6.07) is 13.6. The first-order chi connectivity index (χ1) is 12.9. The summed E-state index contributed by atoms with van der Waals surface area (Å²) in [5, 5.41) is 12.3. The smallest absolute Gasteiger partial charge is 0.258 e. The average molecular weight is 399 g/mol. The van der Waals surface area contributed by atoms with Crippen molar-refractivity contribution >= 4 is 41.0 Å². The molecule has 136 valence electrons. The van der Waals surface area contributed by atoms with Crippen LogP contribution < -0.4 is 0 Å². The van der Waals surface area contributed by atoms with Crippen molar-refractivity contribution in [2.45, 2.75) is 23.9 Å². The van der Waals surface area contributed by atoms with Crippen LogP contribution in [-0.2, 0) is 0 Å². The minimum absolute atomic E-state index is 0.00626. The van der Waals surface area contributed by atoms with E-state index in [1.54, 1.807) is 36.5 Å². The molecule has 0 saturated carbocycles. The highest BCUT2D eigenvalue weighted by atomic mass is 35.5. The van der Waals surface area contributed by atoms with Gasteiger partial charge in [-0.15, -0.1) is 0 Å². The van der Waals surface area contributed by atoms with E-state index in [-0.39, 0.29) is 5.69 Å². The van der Waals surface area contributed by atoms with Crippen molar-refractivity contribution in [3.63, 3.8) is 0 Å². The summed E-state index contributed by atoms with van der Waals surface area (Å²) in [4.78, 5) is 24.7. The van der Waals surface area contributed by atoms with E-state index < -0.39 is 4.92 Å². The first-order valence-corrected chi connectivity index (χ1v) is 9.18. The van der Waals surface area contributed by atoms with Gasteiger partial charge in [0, 0.05) is 45.2 Å². The van der Waals surface area contributed by atoms with Gasteiger partial charge >= 0.3 is 0 Å². The third kappa shape index (κ3) is 5.12. The second-order valence-corrected chi connectivity index (χ2v) is 7.20. The highest BCUT2D eigenvalue weighted by Gasteiger charge is 2.12. The van der Waals surface area contributed by atoms with Crippen molar-refractivity contribution in [3.05, 3.63) is 80.6 Å². The summed E-state index contributed by atoms with van der Waals surface area (Å²) < 4.78 is 0. The second kappa shape index (κ2) is 8.28. The molecule has 27 heavy (non-hydrogen) atoms. The fraction of sp³-hybridized carbons (Fsp3) is 0.105. The van der Waals surface area contributed by atoms with Gasteiger partial charge in [0.05, 0.1) is 10.6 Å². The van der Waals surface area contributed by atoms with Crippen molar-refractivity contribution in [1.29, 1.82) is 0 Å². The van der Waals surface area contributed by atoms with Gasteiger partial charge in [0.2, 0.25) is 0 Å². The van der Waals surface area contributed by atoms with E-state index in [4.69, 9.17) is 11.6 Å². The number of aromatic nitrogens is 2. The van der Waals surface area contributed by atoms with Gasteiger partial charge in [-0.2, -0.15) is 0 Å². The van der Waals surface area contributed by atoms with Crippen molar-refractivity contribution in [2.24, 2.45) is 4.99 Å². The van der Waals surface area contributed by atoms with Gasteiger partial charge in [0.1, 0.15) is 0 Å². The summed E-state index contributed by atoms with van der Waals surface area (Å²) in [6.45, 7) is 3.80. The van der Waals surface area contributed by atoms with Gasteiger partial charge in [0.15, 0.2) is 5.16 Å². The molecule has 0 aliphatic rings. The third-order valence-corrected chi connectivity index (χ3v) is 4.72. The molecule has 0 spiro atoms. The summed E-state index contributed by atoms with van der Waals surface area (Å²) in [6.07, 6.45) is 1.59. The number of benzene rings is 2. The van der Waals surface area contributed by atoms with Crippen LogP contribution in [0, 0.1) is 24.0 Å². The van der Waals surface area contributed by atoms with Crippen LogP contribution in [0.3, 0.4) is 0 Å². The molecule has 1 heterocycles. The molecule has 0 saturated heterocycles. The van der Waals surface area contributed by atoms with Crippen LogP contribution in [0.2, 0.25) is 5.02 Å². The number of nitro groups is 1. The number of halogens is 1. The maximum atomic E-state index is 11.1. The van der Waals surface area contributed by atoms with Gasteiger partial charge < -0.3 is 0 Å². The summed E-state index contributed by atoms with van der Waals surface area (Å²) in [5.74, 6) is 0. The van der Waals surface area contributed by atoms with Crippen molar-refractivity contribution in [1.82, 2.24) is 9.97 Å². The Bertz CT molecular complexity index is 1020. The summed E-state index contributed by atoms with van der Waals surface area (Å²) in [5.41, 5.74) is 2.99. The normalized spacial score (nSPS) is 11.1. The molecule has 0 aliphatic carbocycles. The van der Waals surface area contributed by atoms with Gasteiger partial charge in [-0.3, -0.25) is 15.1 Å². The molecule has 0 aliphatic heterocycles. The Labute approximate surface area is 165 Å². The maximum absolute atomic E-state index is 11.1. The standard InChI is InChI=1S/C19H15ClN4O2S/c1-12-8-13(2)23-19(22-12)27-18-7-6-17(24(25)26)9-14(18)11-21-16-5-3-4-15(20)10-16/h3-11H,1-2H3. The molecule has 0 bridgehead atoms. The molecule has 1 aromatic heterocycles. The van der Waals surface area contributed by atoms with Crippen LogP contribution in [-0.4, -0.2) is 21.1 Å². The fourth-order valence-corrected chi connectivity index (χ4v) is 3.51. The van der Waals surface area contributed by atoms with Crippen LogP contribution in [0.25, 0.3) is 0 Å². The largest absolute Gasteiger partial charge is 0.270 e. The Kier molecular flexibility index (Phi) is 5.83. The van der Waals surface area contributed by atoms with Gasteiger partial charge in [-0.05, 0) is 55.9 Å². The average Bonchev–Trinajstić information content (AvgIpc) is 2.60. The van der Waals surface area contributed by atoms with Crippen molar-refractivity contribution < 1.29 is 4.92 Å². The minimum atomic E-state index is -0.432. The summed E-state index contributed by atoms with van der Waals surface area (Å²) in [7, 11) is 0. The molecule has 2 aromatic carbocycles. The first-order valence-electron chi connectivity index (χ1n) is 7.99. The number of hydrogen-bond acceptors (Lipinski definition) is 6. The molecule has 6 nitrogen and oxygen atoms in total. The Morgan fingerprint density at radius 1 is 1.11 bits per heavy atom. The zero-order valence-electron chi connectivity index (χ0n) is 14.6. The van der Waals surface area contributed by atoms with E-state index in [1.165, 1.54) is 23.9 Å². The summed E-state index contributed by atoms with van der Waals surface area (Å²) >= 11 is 7.32. The van der Waals surface area contributed by atoms with E-state index in [2.05, 4.69) is 15.0 Å². The molecule has 0 atom stereocenters. The maximum Gasteiger partial charge on any atom is 0.270 e. The molecule has 0 radical (unpaired) electrons. The van der Waals surface area contributed by atoms with Crippen LogP contribution in [0.1, 0.15) is 17.0 Å². The van der Waals surface area contributed by atoms with E-state index >= 15 is 0 Å². The van der Waals surface area contributed by atoms with Crippen LogP contribution in [0.4, 0.5) is 11.4 Å². The first kappa shape index (κ1) is 19.0. The van der Waals surface area contributed by atoms with Gasteiger partial charge in [0.25, 0.3) is 5.69 Å². The number of aryl methyl sites for hydroxylation is 2. The minimum Gasteiger partial charge on any atom is -0.258 e. The van der Waals surface area contributed by atoms with E-state index in [0.29, 0.717) is 21.4 Å². The van der Waals surface area contributed by atoms with Crippen LogP contribution in [0.15, 0.2) is 63.6 Å². The van der Waals surface area contributed by atoms with Gasteiger partial charge in [-0.1, -0.05) is 17.7 Å². The Hall–Kier alpha value is -2.77. The Morgan fingerprint density at radius 3 is 2.52 bits per heavy atom. The Morgan fingerprint density at radius 2 is 1.85 bits per heavy atom. The zero-order valence-corrected chi connectivity index (χ0v) is 16.2. The predicted molar refractivity (Wildman–Crippen MR) is 107 cm³/mol. The van der Waals surface area contributed by atoms with Crippen molar-refractivity contribution in [2.75, 3.05) is 0 Å². The number of nitrogens with zero attached hydrogens (tertiary/aromatic N) is 4. The lowest BCUT2D eigenvalue weighted by atomic mass is 10.2. The number of aliphatic imine (C=N–C) groups is 1. The monoisotopic (exact) mass is 398 g/mol. The van der Waals surface area contributed by atoms with E-state index in [9.17, 15) is 10.1 Å². The third-order valence-electron chi connectivity index (χ3n) is 3.53. The van der Waals surface area contributed by atoms with Gasteiger partial charge in [-0.25, -0.2) is 9.97 Å². The highest BCUT2D eigenvalue weighted by molar-refractivity contribution is 7.99. The number of hydrogen-bond donors (Lipinski definition) is 0. The lowest BCUT2D eigenvalue weighted by molar-refractivity contribution is -0.384. The highest BCUT2D eigenvalue weighted by Crippen LogP contribution is 2.30. The fourth-order valence-electron chi connectivity index (χ4n) is 2.38. The lowest BCUT2D eigenvalue weighted by Crippen LogP contribution is -1.95. The molecule has 0 fully saturated rings. The van der Waals surface area contributed by atoms with Crippen LogP contribution >= 0.6 is 23.4 Å². The van der Waals surface area contributed by atoms with Crippen LogP contribution in [0.5, 0.6) is 0 Å². The Balaban J connectivity index is 1.99. The topological polar surface area (TPSA) is 81.3 Å². The molecule has 0 amide bonds. The van der Waals surface area contributed by atoms with E-state index in [1.807, 2.05) is 19.9 Å². The van der Waals surface area contributed by atoms with Crippen molar-refractivity contribution in [3.8, 4) is 0 Å². The second-order valence-electron chi connectivity index (χ2n) is 5.75. The number of nitro benzene ring substituents is 1. The molecule has 0 unspecified atom stereocenters. The SMILES string of the molecule is Cc1cc(C)nc(Sc2ccc([N+](=O)[O-])cc2C=Nc2cccc(Cl)c2)n1. The molecule has 0 N–H and O–H groups in total. The molecular weight excluding hydrogens is 384 g/mol. The molecule has 3 aromatic rings. The number of non-ortho nitro benzene ring substituents is 1. The quantitative estimate of drug-likeness (QED) is 0.243. The lowest BCUT2D eigenvalue weighted by Gasteiger charge is -2.06. The zero-order chi connectivity index (χ0) is 19.4. The number of rotatable bonds is 5. The molecular formula is C19H15ClN4O2S. The predicted octanol–water partition coefficient (Wildman–Crippen LogP) is 5.56. The van der Waals surface area contributed by atoms with E-state index in [0.717, 1.165) is 16.3 Å².